The Hall–Kier alpha value is -7.91. The number of ketones is 1. The van der Waals surface area contributed by atoms with Crippen LogP contribution in [0.1, 0.15) is 72.9 Å². The van der Waals surface area contributed by atoms with Gasteiger partial charge in [0.1, 0.15) is 39.5 Å². The molecular formula is C70H77B2FN5O6Si+. The summed E-state index contributed by atoms with van der Waals surface area (Å²) in [6, 6.07) is 42.7. The van der Waals surface area contributed by atoms with Crippen LogP contribution in [-0.2, 0) is 35.8 Å². The van der Waals surface area contributed by atoms with Crippen molar-refractivity contribution in [2.45, 2.75) is 78.8 Å². The minimum absolute atomic E-state index is 0.0548. The quantitative estimate of drug-likeness (QED) is 0.0160. The highest BCUT2D eigenvalue weighted by atomic mass is 28.3. The van der Waals surface area contributed by atoms with Gasteiger partial charge in [-0.3, -0.25) is 19.4 Å². The number of halogens is 1. The van der Waals surface area contributed by atoms with E-state index in [2.05, 4.69) is 158 Å². The molecule has 0 saturated heterocycles. The van der Waals surface area contributed by atoms with Gasteiger partial charge in [-0.1, -0.05) is 111 Å². The van der Waals surface area contributed by atoms with E-state index in [1.807, 2.05) is 60.7 Å². The molecule has 2 aliphatic rings. The molecule has 1 aliphatic heterocycles. The van der Waals surface area contributed by atoms with Gasteiger partial charge in [-0.25, -0.2) is 8.97 Å². The van der Waals surface area contributed by atoms with Crippen LogP contribution in [0.5, 0.6) is 11.5 Å². The molecule has 0 spiro atoms. The summed E-state index contributed by atoms with van der Waals surface area (Å²) in [5, 5.41) is 29.4. The summed E-state index contributed by atoms with van der Waals surface area (Å²) in [5.41, 5.74) is 12.5. The highest BCUT2D eigenvalue weighted by Gasteiger charge is 2.41. The number of nitrogens with zero attached hydrogens (tertiary/aromatic N) is 4. The minimum Gasteiger partial charge on any atom is -0.537 e. The average Bonchev–Trinajstić information content (AvgIpc) is 0.851. The number of fused-ring (bicyclic) bond motifs is 4. The van der Waals surface area contributed by atoms with Crippen LogP contribution in [0.25, 0.3) is 38.2 Å². The predicted molar refractivity (Wildman–Crippen MR) is 350 cm³/mol. The molecule has 0 aromatic heterocycles. The summed E-state index contributed by atoms with van der Waals surface area (Å²) in [6.45, 7) is 19.6. The third-order valence-electron chi connectivity index (χ3n) is 16.5. The molecule has 1 aliphatic carbocycles. The molecule has 0 fully saturated rings. The maximum Gasteiger partial charge on any atom is 0.569 e. The van der Waals surface area contributed by atoms with E-state index in [1.54, 1.807) is 19.9 Å². The lowest BCUT2D eigenvalue weighted by Gasteiger charge is -2.38. The number of amides is 1. The first-order valence-corrected chi connectivity index (χ1v) is 32.1. The fraction of sp³-hybridized carbons (Fsp3) is 0.271. The zero-order valence-corrected chi connectivity index (χ0v) is 51.4. The molecule has 0 unspecified atom stereocenters. The molecule has 85 heavy (non-hydrogen) atoms. The number of unbranched alkanes of at least 4 members (excludes halogenated alkanes) is 1. The molecule has 7 aromatic rings. The van der Waals surface area contributed by atoms with Crippen LogP contribution < -0.4 is 24.7 Å². The number of nitrogens with one attached hydrogen (secondary N) is 1. The van der Waals surface area contributed by atoms with E-state index in [0.29, 0.717) is 109 Å². The number of allylic oxidation sites excluding steroid dienone is 6. The highest BCUT2D eigenvalue weighted by molar-refractivity contribution is 6.98. The maximum absolute atomic E-state index is 17.2. The highest BCUT2D eigenvalue weighted by Crippen LogP contribution is 2.44. The van der Waals surface area contributed by atoms with Crippen molar-refractivity contribution < 1.29 is 37.9 Å². The lowest BCUT2D eigenvalue weighted by Crippen LogP contribution is -2.49. The van der Waals surface area contributed by atoms with Crippen molar-refractivity contribution in [3.8, 4) is 22.6 Å². The standard InChI is InChI=1S/C70H76B2FN5O6Si/c1-46(2)64(79)24-17-18-36-77(42-50-20-11-15-25-65(50)83-71-81)45-62-55-23-14-13-22-54(55)61(44-78(37-19-35-74-70(80)47(3)4)43-51-21-12-16-26-66(51)84-72-82)56-31-27-48(38-59(56)62)49-28-34-63(73)60(39-49)69-57-32-29-52(75(5)6)40-67(57)85(9,10)68-41-53(76(7)8)30-33-58(68)69/h11-16,20-23,25-34,38-41,81-82H,1,3,17-19,24,35-37,42-45H2,2,4-10H3/p+1. The SMILES string of the molecule is C=C(C)C(=O)CCCCN(Cc1ccccc1O[B]O)Cc1c2ccccc2c(CN(CCCNC(=O)C(=C)C)Cc2ccccc2O[B]O)c2ccc(-c3ccc(F)c(C4=C5C=CC(=[N+](C)C)C=C5[Si](C)(C)c5cc(N(C)C)ccc54)c3)cc12. The van der Waals surface area contributed by atoms with Gasteiger partial charge in [-0.15, -0.1) is 0 Å². The van der Waals surface area contributed by atoms with Crippen LogP contribution in [0.2, 0.25) is 13.1 Å². The number of Topliss-reactive ketones (excluding diaryl/α,β-unsaturated/α-hetero) is 1. The van der Waals surface area contributed by atoms with Crippen molar-refractivity contribution in [2.24, 2.45) is 0 Å². The van der Waals surface area contributed by atoms with E-state index < -0.39 is 8.07 Å². The van der Waals surface area contributed by atoms with Crippen molar-refractivity contribution in [1.82, 2.24) is 15.1 Å². The maximum atomic E-state index is 17.2. The second-order valence-electron chi connectivity index (χ2n) is 23.3. The Kier molecular flexibility index (Phi) is 19.9. The Morgan fingerprint density at radius 1 is 0.659 bits per heavy atom. The van der Waals surface area contributed by atoms with E-state index in [9.17, 15) is 19.6 Å². The van der Waals surface area contributed by atoms with Gasteiger partial charge < -0.3 is 29.6 Å². The van der Waals surface area contributed by atoms with Crippen molar-refractivity contribution >= 4 is 78.8 Å². The largest absolute Gasteiger partial charge is 0.569 e. The van der Waals surface area contributed by atoms with Crippen LogP contribution in [0.3, 0.4) is 0 Å². The van der Waals surface area contributed by atoms with Crippen LogP contribution in [0, 0.1) is 5.82 Å². The summed E-state index contributed by atoms with van der Waals surface area (Å²) in [6.07, 6.45) is 9.11. The molecule has 9 rings (SSSR count). The smallest absolute Gasteiger partial charge is 0.537 e. The van der Waals surface area contributed by atoms with Crippen molar-refractivity contribution in [3.05, 3.63) is 220 Å². The molecule has 3 N–H and O–H groups in total. The van der Waals surface area contributed by atoms with Crippen LogP contribution >= 0.6 is 0 Å². The number of hydrogen-bond acceptors (Lipinski definition) is 9. The third-order valence-corrected chi connectivity index (χ3v) is 20.0. The fourth-order valence-corrected chi connectivity index (χ4v) is 15.0. The lowest BCUT2D eigenvalue weighted by molar-refractivity contribution is -0.462. The number of para-hydroxylation sites is 2. The van der Waals surface area contributed by atoms with E-state index >= 15 is 4.39 Å². The van der Waals surface area contributed by atoms with Gasteiger partial charge in [0.05, 0.1) is 0 Å². The summed E-state index contributed by atoms with van der Waals surface area (Å²) in [5.74, 6) is 0.643. The minimum atomic E-state index is -2.33. The zero-order chi connectivity index (χ0) is 60.5. The topological polar surface area (TPSA) is 118 Å². The first kappa shape index (κ1) is 61.6. The Bertz CT molecular complexity index is 3850. The Labute approximate surface area is 503 Å². The molecule has 1 amide bonds. The second-order valence-corrected chi connectivity index (χ2v) is 27.7. The van der Waals surface area contributed by atoms with Crippen LogP contribution in [-0.4, -0.2) is 113 Å². The third kappa shape index (κ3) is 13.9. The van der Waals surface area contributed by atoms with Crippen molar-refractivity contribution in [2.75, 3.05) is 52.7 Å². The number of benzene rings is 7. The van der Waals surface area contributed by atoms with Crippen molar-refractivity contribution in [1.29, 1.82) is 0 Å². The Balaban J connectivity index is 1.24. The number of carbonyl (C=O) groups is 2. The first-order valence-electron chi connectivity index (χ1n) is 29.1. The van der Waals surface area contributed by atoms with Crippen LogP contribution in [0.15, 0.2) is 181 Å². The summed E-state index contributed by atoms with van der Waals surface area (Å²) in [4.78, 5) is 32.4. The van der Waals surface area contributed by atoms with E-state index in [1.165, 1.54) is 10.4 Å². The van der Waals surface area contributed by atoms with Gasteiger partial charge >= 0.3 is 15.4 Å². The zero-order valence-electron chi connectivity index (χ0n) is 50.4. The summed E-state index contributed by atoms with van der Waals surface area (Å²) < 4.78 is 30.6. The molecule has 434 valence electrons. The molecular weight excluding hydrogens is 1080 g/mol. The van der Waals surface area contributed by atoms with Gasteiger partial charge in [0, 0.05) is 99.9 Å². The molecule has 0 bridgehead atoms. The van der Waals surface area contributed by atoms with Gasteiger partial charge in [-0.2, -0.15) is 0 Å². The fourth-order valence-electron chi connectivity index (χ4n) is 11.9. The predicted octanol–water partition coefficient (Wildman–Crippen LogP) is 11.6. The molecule has 11 nitrogen and oxygen atoms in total. The number of hydrogen-bond donors (Lipinski definition) is 3. The number of anilines is 1. The first-order chi connectivity index (χ1) is 40.9. The van der Waals surface area contributed by atoms with E-state index in [4.69, 9.17) is 9.31 Å². The normalized spacial score (nSPS) is 13.4. The molecule has 2 radical (unpaired) electrons. The summed E-state index contributed by atoms with van der Waals surface area (Å²) >= 11 is 0. The van der Waals surface area contributed by atoms with E-state index in [0.717, 1.165) is 89.5 Å². The average molecular weight is 1150 g/mol. The summed E-state index contributed by atoms with van der Waals surface area (Å²) in [7, 11) is 7.33. The van der Waals surface area contributed by atoms with Crippen molar-refractivity contribution in [3.63, 3.8) is 0 Å². The van der Waals surface area contributed by atoms with Gasteiger partial charge in [0.15, 0.2) is 11.5 Å². The van der Waals surface area contributed by atoms with Gasteiger partial charge in [0.25, 0.3) is 0 Å². The molecule has 15 heteroatoms. The number of rotatable bonds is 26. The second kappa shape index (κ2) is 27.4. The molecule has 0 saturated carbocycles. The molecule has 7 aromatic carbocycles. The Morgan fingerprint density at radius 3 is 1.84 bits per heavy atom. The lowest BCUT2D eigenvalue weighted by atomic mass is 9.86. The molecule has 0 atom stereocenters. The molecule has 1 heterocycles. The van der Waals surface area contributed by atoms with Gasteiger partial charge in [0.2, 0.25) is 5.91 Å². The Morgan fingerprint density at radius 2 is 1.24 bits per heavy atom. The number of carbonyl (C=O) groups excluding carboxylic acids is 2. The van der Waals surface area contributed by atoms with Gasteiger partial charge in [-0.05, 0) is 165 Å². The monoisotopic (exact) mass is 1150 g/mol. The van der Waals surface area contributed by atoms with E-state index in [-0.39, 0.29) is 17.5 Å². The van der Waals surface area contributed by atoms with Crippen LogP contribution in [0.4, 0.5) is 10.1 Å².